The zero-order valence-corrected chi connectivity index (χ0v) is 12.4. The van der Waals surface area contributed by atoms with Crippen molar-refractivity contribution in [2.75, 3.05) is 5.75 Å². The molecule has 1 aromatic carbocycles. The number of benzene rings is 1. The Balaban J connectivity index is 0.000000318. The van der Waals surface area contributed by atoms with Crippen molar-refractivity contribution < 1.29 is 13.2 Å². The molecule has 2 amide bonds. The van der Waals surface area contributed by atoms with Crippen molar-refractivity contribution in [3.8, 4) is 0 Å². The molecule has 0 heterocycles. The number of carbonyl (C=O) groups is 1. The predicted molar refractivity (Wildman–Crippen MR) is 76.0 cm³/mol. The molecular formula is C10H15IN2O3S. The number of halogens is 1. The van der Waals surface area contributed by atoms with Crippen LogP contribution in [-0.2, 0) is 10.0 Å². The number of amides is 2. The molecule has 0 aliphatic rings. The first-order valence-electron chi connectivity index (χ1n) is 4.88. The standard InChI is InChI=1S/C6H5I.C4H10N2O3S/c7-6-4-2-1-3-5-6;1-2-3-10(8,9)6-4(5)7/h1-5H;2-3H2,1H3,(H3,5,6,7). The van der Waals surface area contributed by atoms with Gasteiger partial charge in [0, 0.05) is 3.57 Å². The summed E-state index contributed by atoms with van der Waals surface area (Å²) >= 11 is 2.28. The molecule has 0 fully saturated rings. The molecule has 7 heteroatoms. The largest absolute Gasteiger partial charge is 0.351 e. The number of rotatable bonds is 3. The Morgan fingerprint density at radius 2 is 1.88 bits per heavy atom. The normalized spacial score (nSPS) is 10.0. The summed E-state index contributed by atoms with van der Waals surface area (Å²) in [7, 11) is -3.46. The van der Waals surface area contributed by atoms with Gasteiger partial charge in [0.25, 0.3) is 0 Å². The van der Waals surface area contributed by atoms with E-state index in [9.17, 15) is 13.2 Å². The van der Waals surface area contributed by atoms with E-state index in [4.69, 9.17) is 0 Å². The molecule has 0 aromatic heterocycles. The molecule has 0 aliphatic carbocycles. The second-order valence-corrected chi connectivity index (χ2v) is 6.17. The van der Waals surface area contributed by atoms with Crippen molar-refractivity contribution in [3.05, 3.63) is 33.9 Å². The van der Waals surface area contributed by atoms with E-state index in [1.165, 1.54) is 3.57 Å². The monoisotopic (exact) mass is 370 g/mol. The van der Waals surface area contributed by atoms with Gasteiger partial charge in [-0.05, 0) is 41.1 Å². The molecule has 0 aliphatic heterocycles. The highest BCUT2D eigenvalue weighted by Gasteiger charge is 2.09. The van der Waals surface area contributed by atoms with E-state index >= 15 is 0 Å². The Morgan fingerprint density at radius 1 is 1.35 bits per heavy atom. The van der Waals surface area contributed by atoms with Gasteiger partial charge < -0.3 is 5.73 Å². The van der Waals surface area contributed by atoms with E-state index in [1.807, 2.05) is 18.2 Å². The van der Waals surface area contributed by atoms with E-state index in [0.29, 0.717) is 6.42 Å². The minimum Gasteiger partial charge on any atom is -0.351 e. The number of primary amides is 1. The molecule has 3 N–H and O–H groups in total. The van der Waals surface area contributed by atoms with Crippen LogP contribution in [0, 0.1) is 3.57 Å². The summed E-state index contributed by atoms with van der Waals surface area (Å²) < 4.78 is 24.2. The van der Waals surface area contributed by atoms with Crippen molar-refractivity contribution in [2.24, 2.45) is 5.73 Å². The van der Waals surface area contributed by atoms with Crippen molar-refractivity contribution in [1.82, 2.24) is 4.72 Å². The average Bonchev–Trinajstić information content (AvgIpc) is 2.17. The highest BCUT2D eigenvalue weighted by molar-refractivity contribution is 14.1. The zero-order valence-electron chi connectivity index (χ0n) is 9.39. The Labute approximate surface area is 115 Å². The van der Waals surface area contributed by atoms with Gasteiger partial charge in [-0.3, -0.25) is 0 Å². The van der Waals surface area contributed by atoms with Crippen LogP contribution in [0.15, 0.2) is 30.3 Å². The van der Waals surface area contributed by atoms with Gasteiger partial charge in [-0.2, -0.15) is 0 Å². The number of urea groups is 1. The van der Waals surface area contributed by atoms with Gasteiger partial charge >= 0.3 is 6.03 Å². The molecule has 5 nitrogen and oxygen atoms in total. The van der Waals surface area contributed by atoms with Gasteiger partial charge in [0.1, 0.15) is 0 Å². The predicted octanol–water partition coefficient (Wildman–Crippen LogP) is 1.69. The Bertz CT molecular complexity index is 434. The summed E-state index contributed by atoms with van der Waals surface area (Å²) in [5.74, 6) is -0.0735. The van der Waals surface area contributed by atoms with E-state index in [1.54, 1.807) is 11.6 Å². The minimum atomic E-state index is -3.46. The molecule has 1 rings (SSSR count). The third-order valence-electron chi connectivity index (χ3n) is 1.46. The van der Waals surface area contributed by atoms with Crippen molar-refractivity contribution in [2.45, 2.75) is 13.3 Å². The topological polar surface area (TPSA) is 89.3 Å². The second-order valence-electron chi connectivity index (χ2n) is 3.08. The van der Waals surface area contributed by atoms with E-state index < -0.39 is 16.1 Å². The van der Waals surface area contributed by atoms with Crippen LogP contribution in [0.4, 0.5) is 4.79 Å². The summed E-state index contributed by atoms with van der Waals surface area (Å²) in [4.78, 5) is 10.0. The molecule has 96 valence electrons. The number of nitrogens with two attached hydrogens (primary N) is 1. The van der Waals surface area contributed by atoms with E-state index in [2.05, 4.69) is 40.5 Å². The molecule has 0 saturated heterocycles. The quantitative estimate of drug-likeness (QED) is 0.794. The van der Waals surface area contributed by atoms with Gasteiger partial charge in [0.2, 0.25) is 10.0 Å². The number of nitrogens with one attached hydrogen (secondary N) is 1. The van der Waals surface area contributed by atoms with Crippen molar-refractivity contribution >= 4 is 38.6 Å². The molecule has 0 radical (unpaired) electrons. The maximum Gasteiger partial charge on any atom is 0.325 e. The smallest absolute Gasteiger partial charge is 0.325 e. The Hall–Kier alpha value is -0.830. The van der Waals surface area contributed by atoms with Crippen LogP contribution in [0.3, 0.4) is 0 Å². The first-order chi connectivity index (χ1) is 7.87. The van der Waals surface area contributed by atoms with Crippen molar-refractivity contribution in [3.63, 3.8) is 0 Å². The summed E-state index contributed by atoms with van der Waals surface area (Å²) in [6.07, 6.45) is 0.461. The van der Waals surface area contributed by atoms with Crippen LogP contribution in [0.1, 0.15) is 13.3 Å². The fraction of sp³-hybridized carbons (Fsp3) is 0.300. The fourth-order valence-electron chi connectivity index (χ4n) is 0.888. The summed E-state index contributed by atoms with van der Waals surface area (Å²) in [6, 6.07) is 9.18. The average molecular weight is 370 g/mol. The molecular weight excluding hydrogens is 355 g/mol. The molecule has 0 atom stereocenters. The summed E-state index contributed by atoms with van der Waals surface area (Å²) in [5, 5.41) is 0. The van der Waals surface area contributed by atoms with Gasteiger partial charge in [0.15, 0.2) is 0 Å². The van der Waals surface area contributed by atoms with Crippen LogP contribution in [0.25, 0.3) is 0 Å². The SMILES string of the molecule is CCCS(=O)(=O)NC(N)=O.Ic1ccccc1. The lowest BCUT2D eigenvalue weighted by Gasteiger charge is -1.99. The zero-order chi connectivity index (χ0) is 13.3. The van der Waals surface area contributed by atoms with Crippen LogP contribution < -0.4 is 10.5 Å². The molecule has 0 spiro atoms. The molecule has 0 unspecified atom stereocenters. The Kier molecular flexibility index (Phi) is 7.88. The fourth-order valence-corrected chi connectivity index (χ4v) is 2.25. The lowest BCUT2D eigenvalue weighted by molar-refractivity contribution is 0.253. The Morgan fingerprint density at radius 3 is 2.18 bits per heavy atom. The summed E-state index contributed by atoms with van der Waals surface area (Å²) in [6.45, 7) is 1.69. The van der Waals surface area contributed by atoms with Gasteiger partial charge in [-0.15, -0.1) is 0 Å². The second kappa shape index (κ2) is 8.29. The van der Waals surface area contributed by atoms with Gasteiger partial charge in [-0.1, -0.05) is 25.1 Å². The van der Waals surface area contributed by atoms with Gasteiger partial charge in [-0.25, -0.2) is 17.9 Å². The van der Waals surface area contributed by atoms with Crippen molar-refractivity contribution in [1.29, 1.82) is 0 Å². The third-order valence-corrected chi connectivity index (χ3v) is 3.64. The molecule has 0 saturated carbocycles. The highest BCUT2D eigenvalue weighted by Crippen LogP contribution is 1.99. The van der Waals surface area contributed by atoms with Gasteiger partial charge in [0.05, 0.1) is 5.75 Å². The first-order valence-corrected chi connectivity index (χ1v) is 7.61. The van der Waals surface area contributed by atoms with Crippen LogP contribution in [-0.4, -0.2) is 20.2 Å². The maximum atomic E-state index is 10.6. The number of hydrogen-bond donors (Lipinski definition) is 2. The number of carbonyl (C=O) groups excluding carboxylic acids is 1. The molecule has 0 bridgehead atoms. The van der Waals surface area contributed by atoms with Crippen LogP contribution >= 0.6 is 22.6 Å². The minimum absolute atomic E-state index is 0.0735. The lowest BCUT2D eigenvalue weighted by atomic mass is 10.4. The maximum absolute atomic E-state index is 10.6. The first kappa shape index (κ1) is 16.2. The third kappa shape index (κ3) is 10.1. The lowest BCUT2D eigenvalue weighted by Crippen LogP contribution is -2.36. The number of hydrogen-bond acceptors (Lipinski definition) is 3. The van der Waals surface area contributed by atoms with E-state index in [0.717, 1.165) is 0 Å². The molecule has 1 aromatic rings. The van der Waals surface area contributed by atoms with Crippen LogP contribution in [0.5, 0.6) is 0 Å². The van der Waals surface area contributed by atoms with E-state index in [-0.39, 0.29) is 5.75 Å². The summed E-state index contributed by atoms with van der Waals surface area (Å²) in [5.41, 5.74) is 4.58. The molecule has 17 heavy (non-hydrogen) atoms. The number of sulfonamides is 1. The highest BCUT2D eigenvalue weighted by atomic mass is 127. The van der Waals surface area contributed by atoms with Crippen LogP contribution in [0.2, 0.25) is 0 Å².